The second kappa shape index (κ2) is 8.07. The molecule has 7 nitrogen and oxygen atoms in total. The zero-order chi connectivity index (χ0) is 23.9. The molecule has 4 aromatic carbocycles. The van der Waals surface area contributed by atoms with Crippen molar-refractivity contribution in [1.82, 2.24) is 14.3 Å². The van der Waals surface area contributed by atoms with Crippen LogP contribution in [-0.2, 0) is 0 Å². The predicted octanol–water partition coefficient (Wildman–Crippen LogP) is 5.90. The number of hydrogen-bond acceptors (Lipinski definition) is 4. The number of nitro benzene ring substituents is 1. The number of nitrogens with zero attached hydrogens (tertiary/aromatic N) is 4. The average Bonchev–Trinajstić information content (AvgIpc) is 3.31. The van der Waals surface area contributed by atoms with Crippen molar-refractivity contribution in [1.29, 1.82) is 0 Å². The molecule has 0 bridgehead atoms. The van der Waals surface area contributed by atoms with Gasteiger partial charge in [0, 0.05) is 28.8 Å². The largest absolute Gasteiger partial charge is 0.276 e. The lowest BCUT2D eigenvalue weighted by molar-refractivity contribution is -0.384. The Morgan fingerprint density at radius 3 is 2.03 bits per heavy atom. The fourth-order valence-corrected chi connectivity index (χ4v) is 4.49. The predicted molar refractivity (Wildman–Crippen MR) is 136 cm³/mol. The van der Waals surface area contributed by atoms with Gasteiger partial charge in [-0.25, -0.2) is 4.68 Å². The van der Waals surface area contributed by atoms with Crippen molar-refractivity contribution in [3.05, 3.63) is 130 Å². The molecule has 0 spiro atoms. The minimum absolute atomic E-state index is 0.00946. The molecule has 0 aliphatic carbocycles. The van der Waals surface area contributed by atoms with E-state index >= 15 is 0 Å². The van der Waals surface area contributed by atoms with Crippen LogP contribution in [0.5, 0.6) is 0 Å². The number of nitro groups is 1. The molecule has 2 heterocycles. The summed E-state index contributed by atoms with van der Waals surface area (Å²) in [6.07, 6.45) is 0. The van der Waals surface area contributed by atoms with Gasteiger partial charge in [0.15, 0.2) is 0 Å². The molecule has 0 atom stereocenters. The Bertz CT molecular complexity index is 1770. The topological polar surface area (TPSA) is 83.0 Å². The van der Waals surface area contributed by atoms with E-state index in [9.17, 15) is 14.9 Å². The molecule has 6 aromatic rings. The zero-order valence-corrected chi connectivity index (χ0v) is 18.4. The molecule has 7 heteroatoms. The molecule has 0 N–H and O–H groups in total. The van der Waals surface area contributed by atoms with Gasteiger partial charge in [-0.3, -0.25) is 19.5 Å². The summed E-state index contributed by atoms with van der Waals surface area (Å²) in [7, 11) is 0. The number of hydrogen-bond donors (Lipinski definition) is 0. The van der Waals surface area contributed by atoms with E-state index in [4.69, 9.17) is 5.10 Å². The lowest BCUT2D eigenvalue weighted by atomic mass is 10.1. The molecule has 0 aliphatic heterocycles. The van der Waals surface area contributed by atoms with E-state index in [0.29, 0.717) is 22.3 Å². The van der Waals surface area contributed by atoms with Crippen LogP contribution in [0, 0.1) is 10.1 Å². The van der Waals surface area contributed by atoms with Gasteiger partial charge in [-0.05, 0) is 30.3 Å². The van der Waals surface area contributed by atoms with Crippen LogP contribution in [0.4, 0.5) is 5.69 Å². The molecular weight excluding hydrogens is 440 g/mol. The van der Waals surface area contributed by atoms with E-state index in [-0.39, 0.29) is 11.2 Å². The number of para-hydroxylation sites is 2. The first-order chi connectivity index (χ1) is 17.1. The van der Waals surface area contributed by atoms with Gasteiger partial charge in [0.1, 0.15) is 5.69 Å². The number of non-ortho nitro benzene ring substituents is 1. The van der Waals surface area contributed by atoms with Crippen LogP contribution in [0.1, 0.15) is 0 Å². The third-order valence-electron chi connectivity index (χ3n) is 6.07. The molecule has 0 aliphatic rings. The summed E-state index contributed by atoms with van der Waals surface area (Å²) in [6.45, 7) is 0. The quantitative estimate of drug-likeness (QED) is 0.243. The van der Waals surface area contributed by atoms with Crippen molar-refractivity contribution >= 4 is 27.5 Å². The number of benzene rings is 4. The average molecular weight is 458 g/mol. The highest BCUT2D eigenvalue weighted by molar-refractivity contribution is 6.09. The Labute approximate surface area is 199 Å². The van der Waals surface area contributed by atoms with Gasteiger partial charge in [-0.2, -0.15) is 5.10 Å². The summed E-state index contributed by atoms with van der Waals surface area (Å²) in [4.78, 5) is 24.9. The summed E-state index contributed by atoms with van der Waals surface area (Å²) in [5.74, 6) is 0. The maximum atomic E-state index is 14.1. The maximum Gasteiger partial charge on any atom is 0.269 e. The normalized spacial score (nSPS) is 11.2. The van der Waals surface area contributed by atoms with Gasteiger partial charge in [-0.15, -0.1) is 0 Å². The van der Waals surface area contributed by atoms with Crippen molar-refractivity contribution in [2.45, 2.75) is 0 Å². The van der Waals surface area contributed by atoms with Gasteiger partial charge in [0.05, 0.1) is 27.0 Å². The van der Waals surface area contributed by atoms with E-state index in [1.807, 2.05) is 84.9 Å². The Morgan fingerprint density at radius 2 is 1.34 bits per heavy atom. The smallest absolute Gasteiger partial charge is 0.269 e. The molecule has 0 fully saturated rings. The second-order valence-corrected chi connectivity index (χ2v) is 8.12. The summed E-state index contributed by atoms with van der Waals surface area (Å²) >= 11 is 0. The fourth-order valence-electron chi connectivity index (χ4n) is 4.49. The number of fused-ring (bicyclic) bond motifs is 3. The first kappa shape index (κ1) is 20.6. The minimum atomic E-state index is -0.436. The lowest BCUT2D eigenvalue weighted by Gasteiger charge is -2.13. The van der Waals surface area contributed by atoms with Crippen LogP contribution >= 0.6 is 0 Å². The SMILES string of the molecule is O=c1c2c(-c3ccccc3)nn(-c3ccc([N+](=O)[O-])cc3)c2c2ccccc2n1-c1ccccc1. The lowest BCUT2D eigenvalue weighted by Crippen LogP contribution is -2.19. The molecular formula is C28H18N4O3. The van der Waals surface area contributed by atoms with E-state index in [2.05, 4.69) is 0 Å². The summed E-state index contributed by atoms with van der Waals surface area (Å²) in [5.41, 5.74) is 3.97. The molecule has 0 unspecified atom stereocenters. The van der Waals surface area contributed by atoms with Crippen LogP contribution in [0.3, 0.4) is 0 Å². The van der Waals surface area contributed by atoms with Gasteiger partial charge in [0.2, 0.25) is 0 Å². The first-order valence-electron chi connectivity index (χ1n) is 11.1. The van der Waals surface area contributed by atoms with Crippen molar-refractivity contribution in [2.24, 2.45) is 0 Å². The van der Waals surface area contributed by atoms with E-state index in [1.54, 1.807) is 21.4 Å². The van der Waals surface area contributed by atoms with Crippen LogP contribution in [0.15, 0.2) is 114 Å². The van der Waals surface area contributed by atoms with Crippen LogP contribution < -0.4 is 5.56 Å². The van der Waals surface area contributed by atoms with Gasteiger partial charge in [0.25, 0.3) is 11.2 Å². The standard InChI is InChI=1S/C28H18N4O3/c33-28-25-26(19-9-3-1-4-10-19)29-31(21-15-17-22(18-16-21)32(34)35)27(25)23-13-7-8-14-24(23)30(28)20-11-5-2-6-12-20/h1-18H. The molecule has 6 rings (SSSR count). The van der Waals surface area contributed by atoms with Crippen LogP contribution in [0.25, 0.3) is 44.4 Å². The van der Waals surface area contributed by atoms with Crippen molar-refractivity contribution in [3.8, 4) is 22.6 Å². The first-order valence-corrected chi connectivity index (χ1v) is 11.1. The third kappa shape index (κ3) is 3.29. The summed E-state index contributed by atoms with van der Waals surface area (Å²) in [5, 5.41) is 17.4. The molecule has 0 radical (unpaired) electrons. The minimum Gasteiger partial charge on any atom is -0.276 e. The molecule has 0 saturated carbocycles. The Kier molecular flexibility index (Phi) is 4.74. The van der Waals surface area contributed by atoms with E-state index in [0.717, 1.165) is 22.2 Å². The van der Waals surface area contributed by atoms with E-state index < -0.39 is 4.92 Å². The number of pyridine rings is 1. The number of aromatic nitrogens is 3. The van der Waals surface area contributed by atoms with Crippen molar-refractivity contribution in [2.75, 3.05) is 0 Å². The van der Waals surface area contributed by atoms with Gasteiger partial charge >= 0.3 is 0 Å². The molecule has 0 amide bonds. The highest BCUT2D eigenvalue weighted by Crippen LogP contribution is 2.33. The maximum absolute atomic E-state index is 14.1. The summed E-state index contributed by atoms with van der Waals surface area (Å²) < 4.78 is 3.42. The molecule has 0 saturated heterocycles. The molecule has 35 heavy (non-hydrogen) atoms. The highest BCUT2D eigenvalue weighted by Gasteiger charge is 2.22. The summed E-state index contributed by atoms with van der Waals surface area (Å²) in [6, 6.07) is 33.0. The second-order valence-electron chi connectivity index (χ2n) is 8.12. The van der Waals surface area contributed by atoms with Crippen LogP contribution in [0.2, 0.25) is 0 Å². The van der Waals surface area contributed by atoms with Crippen LogP contribution in [-0.4, -0.2) is 19.3 Å². The monoisotopic (exact) mass is 458 g/mol. The Hall–Kier alpha value is -5.04. The van der Waals surface area contributed by atoms with Gasteiger partial charge in [-0.1, -0.05) is 66.7 Å². The highest BCUT2D eigenvalue weighted by atomic mass is 16.6. The molecule has 2 aromatic heterocycles. The Balaban J connectivity index is 1.78. The Morgan fingerprint density at radius 1 is 0.714 bits per heavy atom. The van der Waals surface area contributed by atoms with Crippen molar-refractivity contribution < 1.29 is 4.92 Å². The van der Waals surface area contributed by atoms with Crippen molar-refractivity contribution in [3.63, 3.8) is 0 Å². The van der Waals surface area contributed by atoms with Gasteiger partial charge < -0.3 is 0 Å². The zero-order valence-electron chi connectivity index (χ0n) is 18.4. The molecule has 168 valence electrons. The number of rotatable bonds is 4. The third-order valence-corrected chi connectivity index (χ3v) is 6.07. The van der Waals surface area contributed by atoms with E-state index in [1.165, 1.54) is 12.1 Å². The fraction of sp³-hybridized carbons (Fsp3) is 0.